The maximum absolute atomic E-state index is 12.9. The molecule has 2 aromatic rings. The molecule has 12 heteroatoms. The molecule has 2 heterocycles. The minimum Gasteiger partial charge on any atom is -0.353 e. The number of benzene rings is 2. The second kappa shape index (κ2) is 14.1. The summed E-state index contributed by atoms with van der Waals surface area (Å²) in [5.74, 6) is 0.513. The molecule has 2 aliphatic heterocycles. The molecule has 4 N–H and O–H groups in total. The maximum atomic E-state index is 12.9. The first-order chi connectivity index (χ1) is 20.4. The number of rotatable bonds is 9. The van der Waals surface area contributed by atoms with Crippen molar-refractivity contribution in [1.82, 2.24) is 25.4 Å². The van der Waals surface area contributed by atoms with Crippen LogP contribution in [0.4, 0.5) is 5.69 Å². The van der Waals surface area contributed by atoms with Crippen LogP contribution < -0.4 is 20.8 Å². The molecule has 226 valence electrons. The number of anilines is 1. The van der Waals surface area contributed by atoms with Crippen LogP contribution in [0.1, 0.15) is 68.6 Å². The van der Waals surface area contributed by atoms with Gasteiger partial charge in [0.1, 0.15) is 6.67 Å². The van der Waals surface area contributed by atoms with E-state index in [4.69, 9.17) is 9.98 Å². The standard InChI is InChI=1S/C30H42N8O3S/c1-2-37-20-10-15-26(37)21-31-29-32-22-38(35-25-13-8-3-4-9-14-25)30(34-29)33-24-16-18-27(19-17-24)42(40,41)36-28(39)23-11-6-5-7-12-23/h5-7,11-12,16-19,25-26,35H,2-4,8-10,13-15,20-22H2,1H3,(H,36,39)(H2,31,32,33,34). The van der Waals surface area contributed by atoms with Crippen molar-refractivity contribution in [1.29, 1.82) is 0 Å². The summed E-state index contributed by atoms with van der Waals surface area (Å²) in [4.78, 5) is 24.4. The van der Waals surface area contributed by atoms with Crippen molar-refractivity contribution in [2.75, 3.05) is 31.6 Å². The molecule has 1 amide bonds. The Bertz CT molecular complexity index is 1360. The van der Waals surface area contributed by atoms with Crippen LogP contribution in [0.5, 0.6) is 0 Å². The van der Waals surface area contributed by atoms with E-state index in [1.54, 1.807) is 42.5 Å². The van der Waals surface area contributed by atoms with Crippen molar-refractivity contribution >= 4 is 33.5 Å². The van der Waals surface area contributed by atoms with Crippen molar-refractivity contribution in [3.63, 3.8) is 0 Å². The third-order valence-electron chi connectivity index (χ3n) is 8.11. The van der Waals surface area contributed by atoms with E-state index in [1.807, 2.05) is 5.01 Å². The zero-order valence-corrected chi connectivity index (χ0v) is 25.1. The predicted octanol–water partition coefficient (Wildman–Crippen LogP) is 3.50. The summed E-state index contributed by atoms with van der Waals surface area (Å²) in [5.41, 5.74) is 4.57. The lowest BCUT2D eigenvalue weighted by Crippen LogP contribution is -2.53. The van der Waals surface area contributed by atoms with Crippen LogP contribution in [0.3, 0.4) is 0 Å². The highest BCUT2D eigenvalue weighted by Gasteiger charge is 2.26. The second-order valence-corrected chi connectivity index (χ2v) is 12.7. The maximum Gasteiger partial charge on any atom is 0.264 e. The molecule has 0 radical (unpaired) electrons. The Morgan fingerprint density at radius 1 is 0.952 bits per heavy atom. The van der Waals surface area contributed by atoms with Crippen molar-refractivity contribution in [3.05, 3.63) is 60.2 Å². The van der Waals surface area contributed by atoms with Crippen LogP contribution in [-0.4, -0.2) is 74.5 Å². The van der Waals surface area contributed by atoms with Crippen LogP contribution in [0.25, 0.3) is 0 Å². The molecule has 1 aliphatic carbocycles. The molecule has 1 atom stereocenters. The minimum absolute atomic E-state index is 0.00249. The average Bonchev–Trinajstić information content (AvgIpc) is 3.31. The zero-order valence-electron chi connectivity index (χ0n) is 24.3. The van der Waals surface area contributed by atoms with Gasteiger partial charge in [-0.25, -0.2) is 23.6 Å². The van der Waals surface area contributed by atoms with Crippen molar-refractivity contribution in [2.24, 2.45) is 9.98 Å². The molecule has 2 aromatic carbocycles. The van der Waals surface area contributed by atoms with Crippen LogP contribution in [0.2, 0.25) is 0 Å². The summed E-state index contributed by atoms with van der Waals surface area (Å²) in [5, 5.41) is 8.75. The van der Waals surface area contributed by atoms with Gasteiger partial charge in [0.05, 0.1) is 4.90 Å². The number of sulfonamides is 1. The fraction of sp³-hybridized carbons (Fsp3) is 0.500. The lowest BCUT2D eigenvalue weighted by molar-refractivity contribution is 0.0981. The number of hydrazine groups is 1. The number of hydrogen-bond acceptors (Lipinski definition) is 10. The normalized spacial score (nSPS) is 20.4. The fourth-order valence-corrected chi connectivity index (χ4v) is 6.72. The Morgan fingerprint density at radius 2 is 1.69 bits per heavy atom. The minimum atomic E-state index is -4.04. The van der Waals surface area contributed by atoms with Gasteiger partial charge in [-0.2, -0.15) is 4.99 Å². The number of aliphatic imine (C=N–C) groups is 2. The number of carbonyl (C=O) groups is 1. The Kier molecular flexibility index (Phi) is 10.1. The average molecular weight is 595 g/mol. The van der Waals surface area contributed by atoms with Gasteiger partial charge in [0.15, 0.2) is 0 Å². The number of carbonyl (C=O) groups excluding carboxylic acids is 1. The molecule has 0 aromatic heterocycles. The number of nitrogens with zero attached hydrogens (tertiary/aromatic N) is 4. The van der Waals surface area contributed by atoms with E-state index in [9.17, 15) is 13.2 Å². The Labute approximate surface area is 248 Å². The highest BCUT2D eigenvalue weighted by atomic mass is 32.2. The van der Waals surface area contributed by atoms with E-state index in [-0.39, 0.29) is 10.5 Å². The van der Waals surface area contributed by atoms with E-state index in [2.05, 4.69) is 32.6 Å². The molecule has 3 aliphatic rings. The van der Waals surface area contributed by atoms with Crippen LogP contribution in [-0.2, 0) is 10.0 Å². The largest absolute Gasteiger partial charge is 0.353 e. The van der Waals surface area contributed by atoms with Gasteiger partial charge in [-0.1, -0.05) is 50.8 Å². The van der Waals surface area contributed by atoms with Gasteiger partial charge >= 0.3 is 0 Å². The molecular weight excluding hydrogens is 552 g/mol. The SMILES string of the molecule is CCN1CCCC1CNC1=NCN(NC2CCCCCC2)C(Nc2ccc(S(=O)(=O)NC(=O)c3ccccc3)cc2)=N1. The number of likely N-dealkylation sites (tertiary alicyclic amines) is 1. The summed E-state index contributed by atoms with van der Waals surface area (Å²) in [6.07, 6.45) is 9.52. The van der Waals surface area contributed by atoms with Crippen molar-refractivity contribution < 1.29 is 13.2 Å². The van der Waals surface area contributed by atoms with Crippen LogP contribution in [0, 0.1) is 0 Å². The van der Waals surface area contributed by atoms with E-state index < -0.39 is 15.9 Å². The van der Waals surface area contributed by atoms with E-state index in [1.165, 1.54) is 50.7 Å². The van der Waals surface area contributed by atoms with Gasteiger partial charge in [0.2, 0.25) is 11.9 Å². The van der Waals surface area contributed by atoms with Gasteiger partial charge < -0.3 is 10.6 Å². The lowest BCUT2D eigenvalue weighted by Gasteiger charge is -2.32. The predicted molar refractivity (Wildman–Crippen MR) is 166 cm³/mol. The quantitative estimate of drug-likeness (QED) is 0.325. The Morgan fingerprint density at radius 3 is 2.40 bits per heavy atom. The Hall–Kier alpha value is -3.48. The van der Waals surface area contributed by atoms with E-state index in [0.717, 1.165) is 32.5 Å². The van der Waals surface area contributed by atoms with Crippen LogP contribution in [0.15, 0.2) is 69.5 Å². The lowest BCUT2D eigenvalue weighted by atomic mass is 10.1. The third-order valence-corrected chi connectivity index (χ3v) is 9.45. The third kappa shape index (κ3) is 7.87. The molecule has 0 bridgehead atoms. The summed E-state index contributed by atoms with van der Waals surface area (Å²) in [6, 6.07) is 15.4. The summed E-state index contributed by atoms with van der Waals surface area (Å²) >= 11 is 0. The first-order valence-corrected chi connectivity index (χ1v) is 16.5. The van der Waals surface area contributed by atoms with Crippen molar-refractivity contribution in [3.8, 4) is 0 Å². The van der Waals surface area contributed by atoms with Gasteiger partial charge in [0.25, 0.3) is 15.9 Å². The first kappa shape index (κ1) is 30.0. The van der Waals surface area contributed by atoms with E-state index in [0.29, 0.717) is 36.4 Å². The van der Waals surface area contributed by atoms with Gasteiger partial charge in [-0.3, -0.25) is 14.7 Å². The molecule has 5 rings (SSSR count). The molecule has 2 fully saturated rings. The molecular formula is C30H42N8O3S. The molecule has 0 spiro atoms. The smallest absolute Gasteiger partial charge is 0.264 e. The van der Waals surface area contributed by atoms with Gasteiger partial charge in [0, 0.05) is 29.9 Å². The number of guanidine groups is 2. The molecule has 11 nitrogen and oxygen atoms in total. The zero-order chi connectivity index (χ0) is 29.4. The number of nitrogens with one attached hydrogen (secondary N) is 4. The Balaban J connectivity index is 1.27. The van der Waals surface area contributed by atoms with Crippen molar-refractivity contribution in [2.45, 2.75) is 75.3 Å². The molecule has 1 saturated heterocycles. The first-order valence-electron chi connectivity index (χ1n) is 15.1. The molecule has 1 saturated carbocycles. The monoisotopic (exact) mass is 594 g/mol. The highest BCUT2D eigenvalue weighted by molar-refractivity contribution is 7.90. The second-order valence-electron chi connectivity index (χ2n) is 11.1. The highest BCUT2D eigenvalue weighted by Crippen LogP contribution is 2.20. The summed E-state index contributed by atoms with van der Waals surface area (Å²) in [6.45, 7) is 5.56. The molecule has 42 heavy (non-hydrogen) atoms. The molecule has 1 unspecified atom stereocenters. The number of amides is 1. The number of hydrogen-bond donors (Lipinski definition) is 4. The fourth-order valence-electron chi connectivity index (χ4n) is 5.75. The number of likely N-dealkylation sites (N-methyl/N-ethyl adjacent to an activating group) is 1. The summed E-state index contributed by atoms with van der Waals surface area (Å²) < 4.78 is 27.9. The summed E-state index contributed by atoms with van der Waals surface area (Å²) in [7, 11) is -4.04. The van der Waals surface area contributed by atoms with E-state index >= 15 is 0 Å². The van der Waals surface area contributed by atoms with Crippen LogP contribution >= 0.6 is 0 Å². The van der Waals surface area contributed by atoms with Gasteiger partial charge in [-0.15, -0.1) is 0 Å². The van der Waals surface area contributed by atoms with Gasteiger partial charge in [-0.05, 0) is 75.2 Å². The topological polar surface area (TPSA) is 131 Å².